The van der Waals surface area contributed by atoms with E-state index in [1.807, 2.05) is 0 Å². The molecule has 17 heavy (non-hydrogen) atoms. The molecule has 0 aliphatic carbocycles. The second-order valence-corrected chi connectivity index (χ2v) is 4.67. The third-order valence-electron chi connectivity index (χ3n) is 2.19. The van der Waals surface area contributed by atoms with Gasteiger partial charge in [-0.15, -0.1) is 0 Å². The highest BCUT2D eigenvalue weighted by atomic mass is 79.9. The van der Waals surface area contributed by atoms with E-state index in [0.29, 0.717) is 15.1 Å². The minimum absolute atomic E-state index is 0.00181. The molecular weight excluding hydrogens is 307 g/mol. The number of nitrogens with zero attached hydrogens (tertiary/aromatic N) is 1. The quantitative estimate of drug-likeness (QED) is 0.925. The Kier molecular flexibility index (Phi) is 4.96. The third kappa shape index (κ3) is 3.44. The summed E-state index contributed by atoms with van der Waals surface area (Å²) in [4.78, 5) is 24.5. The molecule has 0 unspecified atom stereocenters. The Balaban J connectivity index is 2.89. The van der Waals surface area contributed by atoms with Crippen molar-refractivity contribution < 1.29 is 9.59 Å². The van der Waals surface area contributed by atoms with Crippen molar-refractivity contribution in [1.29, 1.82) is 0 Å². The first-order chi connectivity index (χ1) is 7.97. The molecule has 0 saturated heterocycles. The molecule has 0 fully saturated rings. The summed E-state index contributed by atoms with van der Waals surface area (Å²) in [5.41, 5.74) is 0.368. The SMILES string of the molecule is CNC(=O)CN(C)C(=O)c1cccc(Br)c1Cl. The topological polar surface area (TPSA) is 49.4 Å². The van der Waals surface area contributed by atoms with Crippen LogP contribution < -0.4 is 5.32 Å². The lowest BCUT2D eigenvalue weighted by Crippen LogP contribution is -2.37. The summed E-state index contributed by atoms with van der Waals surface area (Å²) in [6.45, 7) is -0.00181. The molecule has 0 bridgehead atoms. The summed E-state index contributed by atoms with van der Waals surface area (Å²) in [7, 11) is 3.07. The van der Waals surface area contributed by atoms with Gasteiger partial charge >= 0.3 is 0 Å². The van der Waals surface area contributed by atoms with E-state index in [1.54, 1.807) is 25.2 Å². The van der Waals surface area contributed by atoms with Gasteiger partial charge in [0.05, 0.1) is 17.1 Å². The standard InChI is InChI=1S/C11H12BrClN2O2/c1-14-9(16)6-15(2)11(17)7-4-3-5-8(12)10(7)13/h3-5H,6H2,1-2H3,(H,14,16). The van der Waals surface area contributed by atoms with Crippen LogP contribution in [0.1, 0.15) is 10.4 Å². The monoisotopic (exact) mass is 318 g/mol. The number of nitrogens with one attached hydrogen (secondary N) is 1. The minimum atomic E-state index is -0.292. The van der Waals surface area contributed by atoms with Crippen LogP contribution in [-0.2, 0) is 4.79 Å². The Morgan fingerprint density at radius 1 is 1.47 bits per heavy atom. The molecule has 2 amide bonds. The van der Waals surface area contributed by atoms with Crippen LogP contribution in [0.15, 0.2) is 22.7 Å². The predicted molar refractivity (Wildman–Crippen MR) is 70.2 cm³/mol. The van der Waals surface area contributed by atoms with Gasteiger partial charge in [0.15, 0.2) is 0 Å². The number of rotatable bonds is 3. The number of amides is 2. The fourth-order valence-electron chi connectivity index (χ4n) is 1.24. The maximum atomic E-state index is 12.0. The Morgan fingerprint density at radius 3 is 2.71 bits per heavy atom. The highest BCUT2D eigenvalue weighted by Gasteiger charge is 2.17. The molecule has 1 rings (SSSR count). The largest absolute Gasteiger partial charge is 0.358 e. The van der Waals surface area contributed by atoms with Gasteiger partial charge in [0, 0.05) is 18.6 Å². The first-order valence-electron chi connectivity index (χ1n) is 4.87. The molecule has 0 aromatic heterocycles. The molecule has 6 heteroatoms. The minimum Gasteiger partial charge on any atom is -0.358 e. The molecule has 0 heterocycles. The lowest BCUT2D eigenvalue weighted by molar-refractivity contribution is -0.121. The van der Waals surface area contributed by atoms with Crippen LogP contribution in [-0.4, -0.2) is 37.4 Å². The Bertz CT molecular complexity index is 451. The third-order valence-corrected chi connectivity index (χ3v) is 3.48. The highest BCUT2D eigenvalue weighted by molar-refractivity contribution is 9.10. The molecule has 92 valence electrons. The average Bonchev–Trinajstić information content (AvgIpc) is 2.31. The predicted octanol–water partition coefficient (Wildman–Crippen LogP) is 1.92. The number of hydrogen-bond acceptors (Lipinski definition) is 2. The number of carbonyl (C=O) groups is 2. The molecule has 1 aromatic carbocycles. The maximum Gasteiger partial charge on any atom is 0.255 e. The zero-order valence-electron chi connectivity index (χ0n) is 9.46. The molecule has 4 nitrogen and oxygen atoms in total. The van der Waals surface area contributed by atoms with E-state index in [0.717, 1.165) is 0 Å². The van der Waals surface area contributed by atoms with E-state index in [1.165, 1.54) is 11.9 Å². The van der Waals surface area contributed by atoms with Crippen molar-refractivity contribution in [3.05, 3.63) is 33.3 Å². The normalized spacial score (nSPS) is 9.88. The van der Waals surface area contributed by atoms with Crippen molar-refractivity contribution in [2.24, 2.45) is 0 Å². The molecular formula is C11H12BrClN2O2. The summed E-state index contributed by atoms with van der Waals surface area (Å²) in [6, 6.07) is 5.09. The Labute approximate surface area is 113 Å². The summed E-state index contributed by atoms with van der Waals surface area (Å²) < 4.78 is 0.651. The van der Waals surface area contributed by atoms with Crippen LogP contribution in [0.4, 0.5) is 0 Å². The molecule has 0 aliphatic rings. The number of halogens is 2. The smallest absolute Gasteiger partial charge is 0.255 e. The average molecular weight is 320 g/mol. The maximum absolute atomic E-state index is 12.0. The van der Waals surface area contributed by atoms with Crippen molar-refractivity contribution in [1.82, 2.24) is 10.2 Å². The van der Waals surface area contributed by atoms with E-state index in [-0.39, 0.29) is 18.4 Å². The molecule has 0 radical (unpaired) electrons. The van der Waals surface area contributed by atoms with Crippen molar-refractivity contribution in [2.45, 2.75) is 0 Å². The van der Waals surface area contributed by atoms with Crippen molar-refractivity contribution >= 4 is 39.3 Å². The lowest BCUT2D eigenvalue weighted by Gasteiger charge is -2.17. The van der Waals surface area contributed by atoms with Crippen LogP contribution in [0.25, 0.3) is 0 Å². The molecule has 1 aromatic rings. The van der Waals surface area contributed by atoms with Crippen molar-refractivity contribution in [3.8, 4) is 0 Å². The second kappa shape index (κ2) is 6.02. The van der Waals surface area contributed by atoms with Gasteiger partial charge in [0.1, 0.15) is 0 Å². The second-order valence-electron chi connectivity index (χ2n) is 3.44. The van der Waals surface area contributed by atoms with E-state index in [9.17, 15) is 9.59 Å². The Hall–Kier alpha value is -1.07. The van der Waals surface area contributed by atoms with Crippen LogP contribution >= 0.6 is 27.5 Å². The van der Waals surface area contributed by atoms with Crippen LogP contribution in [0.5, 0.6) is 0 Å². The fraction of sp³-hybridized carbons (Fsp3) is 0.273. The lowest BCUT2D eigenvalue weighted by atomic mass is 10.2. The molecule has 0 saturated carbocycles. The van der Waals surface area contributed by atoms with E-state index >= 15 is 0 Å². The van der Waals surface area contributed by atoms with Crippen molar-refractivity contribution in [2.75, 3.05) is 20.6 Å². The van der Waals surface area contributed by atoms with Crippen LogP contribution in [0.3, 0.4) is 0 Å². The highest BCUT2D eigenvalue weighted by Crippen LogP contribution is 2.26. The van der Waals surface area contributed by atoms with Gasteiger partial charge < -0.3 is 10.2 Å². The number of benzene rings is 1. The fourth-order valence-corrected chi connectivity index (χ4v) is 1.81. The Morgan fingerprint density at radius 2 is 2.12 bits per heavy atom. The van der Waals surface area contributed by atoms with Gasteiger partial charge in [-0.2, -0.15) is 0 Å². The van der Waals surface area contributed by atoms with E-state index in [4.69, 9.17) is 11.6 Å². The van der Waals surface area contributed by atoms with Gasteiger partial charge in [0.25, 0.3) is 5.91 Å². The summed E-state index contributed by atoms with van der Waals surface area (Å²) in [5.74, 6) is -0.521. The zero-order valence-corrected chi connectivity index (χ0v) is 11.8. The van der Waals surface area contributed by atoms with Gasteiger partial charge in [0.2, 0.25) is 5.91 Å². The summed E-state index contributed by atoms with van der Waals surface area (Å²) >= 11 is 9.25. The van der Waals surface area contributed by atoms with Gasteiger partial charge in [-0.25, -0.2) is 0 Å². The molecule has 0 atom stereocenters. The molecule has 0 spiro atoms. The van der Waals surface area contributed by atoms with Gasteiger partial charge in [-0.1, -0.05) is 17.7 Å². The van der Waals surface area contributed by atoms with Gasteiger partial charge in [-0.3, -0.25) is 9.59 Å². The number of hydrogen-bond donors (Lipinski definition) is 1. The van der Waals surface area contributed by atoms with Gasteiger partial charge in [-0.05, 0) is 28.1 Å². The van der Waals surface area contributed by atoms with Crippen molar-refractivity contribution in [3.63, 3.8) is 0 Å². The van der Waals surface area contributed by atoms with Crippen LogP contribution in [0.2, 0.25) is 5.02 Å². The number of carbonyl (C=O) groups excluding carboxylic acids is 2. The molecule has 0 aliphatic heterocycles. The van der Waals surface area contributed by atoms with Crippen LogP contribution in [0, 0.1) is 0 Å². The summed E-state index contributed by atoms with van der Waals surface area (Å²) in [5, 5.41) is 2.80. The first-order valence-corrected chi connectivity index (χ1v) is 6.04. The van der Waals surface area contributed by atoms with E-state index in [2.05, 4.69) is 21.2 Å². The summed E-state index contributed by atoms with van der Waals surface area (Å²) in [6.07, 6.45) is 0. The first kappa shape index (κ1) is 14.0. The zero-order chi connectivity index (χ0) is 13.0. The molecule has 1 N–H and O–H groups in total. The number of likely N-dealkylation sites (N-methyl/N-ethyl adjacent to an activating group) is 2. The van der Waals surface area contributed by atoms with E-state index < -0.39 is 0 Å².